The zero-order chi connectivity index (χ0) is 17.1. The van der Waals surface area contributed by atoms with Crippen molar-refractivity contribution in [1.29, 1.82) is 0 Å². The van der Waals surface area contributed by atoms with E-state index in [0.717, 1.165) is 28.3 Å². The van der Waals surface area contributed by atoms with E-state index >= 15 is 0 Å². The van der Waals surface area contributed by atoms with Gasteiger partial charge in [0.25, 0.3) is 0 Å². The van der Waals surface area contributed by atoms with Crippen LogP contribution in [0.4, 0.5) is 0 Å². The average molecular weight is 363 g/mol. The molecule has 0 bridgehead atoms. The summed E-state index contributed by atoms with van der Waals surface area (Å²) in [5.74, 6) is 1.44. The molecule has 6 nitrogen and oxygen atoms in total. The predicted molar refractivity (Wildman–Crippen MR) is 95.9 cm³/mol. The van der Waals surface area contributed by atoms with Crippen molar-refractivity contribution < 1.29 is 14.1 Å². The molecule has 0 spiro atoms. The zero-order valence-corrected chi connectivity index (χ0v) is 15.2. The number of carbonyl (C=O) groups excluding carboxylic acids is 1. The van der Waals surface area contributed by atoms with Gasteiger partial charge >= 0.3 is 5.91 Å². The molecule has 24 heavy (non-hydrogen) atoms. The number of hydrogen-bond donors (Lipinski definition) is 0. The summed E-state index contributed by atoms with van der Waals surface area (Å²) in [6, 6.07) is 7.45. The zero-order valence-electron chi connectivity index (χ0n) is 13.6. The van der Waals surface area contributed by atoms with Crippen molar-refractivity contribution in [2.75, 3.05) is 19.1 Å². The Hall–Kier alpha value is -2.06. The Kier molecular flexibility index (Phi) is 5.06. The van der Waals surface area contributed by atoms with Crippen LogP contribution in [0.1, 0.15) is 16.2 Å². The maximum atomic E-state index is 12.3. The van der Waals surface area contributed by atoms with E-state index in [9.17, 15) is 4.79 Å². The highest BCUT2D eigenvalue weighted by Gasteiger charge is 2.13. The largest absolute Gasteiger partial charge is 0.497 e. The molecule has 0 saturated heterocycles. The van der Waals surface area contributed by atoms with E-state index in [-0.39, 0.29) is 5.76 Å². The highest BCUT2D eigenvalue weighted by atomic mass is 32.2. The highest BCUT2D eigenvalue weighted by molar-refractivity contribution is 7.98. The molecule has 0 fully saturated rings. The van der Waals surface area contributed by atoms with Crippen LogP contribution in [-0.2, 0) is 6.54 Å². The summed E-state index contributed by atoms with van der Waals surface area (Å²) < 4.78 is 13.4. The first-order chi connectivity index (χ1) is 11.6. The Bertz CT molecular complexity index is 940. The van der Waals surface area contributed by atoms with E-state index in [1.165, 1.54) is 11.3 Å². The van der Waals surface area contributed by atoms with Crippen LogP contribution in [-0.4, -0.2) is 34.7 Å². The molecule has 2 heterocycles. The number of amides is 1. The molecule has 0 atom stereocenters. The molecule has 0 saturated carbocycles. The number of benzene rings is 1. The maximum absolute atomic E-state index is 12.3. The van der Waals surface area contributed by atoms with Crippen molar-refractivity contribution >= 4 is 39.2 Å². The lowest BCUT2D eigenvalue weighted by molar-refractivity contribution is 0.0962. The van der Waals surface area contributed by atoms with Gasteiger partial charge in [0.2, 0.25) is 5.76 Å². The van der Waals surface area contributed by atoms with Crippen molar-refractivity contribution in [3.05, 3.63) is 40.5 Å². The van der Waals surface area contributed by atoms with Crippen molar-refractivity contribution in [3.63, 3.8) is 0 Å². The standard InChI is InChI=1S/C16H17N3O3S2/c1-10-8-13(22-18-10)15(20)17-16-19(6-7-23-3)12-5-4-11(21-2)9-14(12)24-16/h4-5,8-9H,6-7H2,1-3H3. The van der Waals surface area contributed by atoms with Crippen molar-refractivity contribution in [2.24, 2.45) is 4.99 Å². The molecule has 3 aromatic rings. The monoisotopic (exact) mass is 363 g/mol. The summed E-state index contributed by atoms with van der Waals surface area (Å²) >= 11 is 3.21. The number of carbonyl (C=O) groups is 1. The Balaban J connectivity index is 2.10. The van der Waals surface area contributed by atoms with Gasteiger partial charge in [0.1, 0.15) is 5.75 Å². The van der Waals surface area contributed by atoms with Gasteiger partial charge in [0.05, 0.1) is 23.0 Å². The van der Waals surface area contributed by atoms with Crippen LogP contribution in [0.2, 0.25) is 0 Å². The number of aromatic nitrogens is 2. The van der Waals surface area contributed by atoms with Gasteiger partial charge in [-0.2, -0.15) is 16.8 Å². The van der Waals surface area contributed by atoms with E-state index in [1.54, 1.807) is 31.9 Å². The number of thiazole rings is 1. The Labute approximate surface area is 147 Å². The maximum Gasteiger partial charge on any atom is 0.318 e. The molecule has 3 rings (SSSR count). The number of ether oxygens (including phenoxy) is 1. The number of nitrogens with zero attached hydrogens (tertiary/aromatic N) is 3. The minimum absolute atomic E-state index is 0.152. The Morgan fingerprint density at radius 2 is 2.29 bits per heavy atom. The summed E-state index contributed by atoms with van der Waals surface area (Å²) in [5, 5.41) is 3.74. The number of fused-ring (bicyclic) bond motifs is 1. The highest BCUT2D eigenvalue weighted by Crippen LogP contribution is 2.23. The molecule has 2 aromatic heterocycles. The Morgan fingerprint density at radius 3 is 2.96 bits per heavy atom. The van der Waals surface area contributed by atoms with Gasteiger partial charge in [-0.3, -0.25) is 4.79 Å². The van der Waals surface area contributed by atoms with E-state index < -0.39 is 5.91 Å². The second-order valence-corrected chi connectivity index (χ2v) is 7.11. The van der Waals surface area contributed by atoms with Gasteiger partial charge in [0.15, 0.2) is 4.80 Å². The number of rotatable bonds is 5. The molecular formula is C16H17N3O3S2. The molecular weight excluding hydrogens is 346 g/mol. The van der Waals surface area contributed by atoms with Gasteiger partial charge < -0.3 is 13.8 Å². The van der Waals surface area contributed by atoms with Crippen LogP contribution in [0.3, 0.4) is 0 Å². The van der Waals surface area contributed by atoms with E-state index in [0.29, 0.717) is 10.5 Å². The minimum atomic E-state index is -0.424. The number of thioether (sulfide) groups is 1. The minimum Gasteiger partial charge on any atom is -0.497 e. The quantitative estimate of drug-likeness (QED) is 0.697. The van der Waals surface area contributed by atoms with Crippen LogP contribution >= 0.6 is 23.1 Å². The van der Waals surface area contributed by atoms with Gasteiger partial charge in [-0.1, -0.05) is 16.5 Å². The molecule has 0 radical (unpaired) electrons. The molecule has 0 aliphatic rings. The molecule has 126 valence electrons. The lowest BCUT2D eigenvalue weighted by Crippen LogP contribution is -2.18. The lowest BCUT2D eigenvalue weighted by atomic mass is 10.3. The fourth-order valence-corrected chi connectivity index (χ4v) is 3.72. The second-order valence-electron chi connectivity index (χ2n) is 5.11. The first-order valence-electron chi connectivity index (χ1n) is 7.31. The third-order valence-electron chi connectivity index (χ3n) is 3.44. The van der Waals surface area contributed by atoms with Crippen molar-refractivity contribution in [2.45, 2.75) is 13.5 Å². The van der Waals surface area contributed by atoms with Crippen molar-refractivity contribution in [3.8, 4) is 5.75 Å². The molecule has 1 aromatic carbocycles. The van der Waals surface area contributed by atoms with Gasteiger partial charge in [-0.15, -0.1) is 0 Å². The topological polar surface area (TPSA) is 69.6 Å². The summed E-state index contributed by atoms with van der Waals surface area (Å²) in [4.78, 5) is 17.2. The summed E-state index contributed by atoms with van der Waals surface area (Å²) in [6.45, 7) is 2.54. The SMILES string of the molecule is COc1ccc2c(c1)sc(=NC(=O)c1cc(C)no1)n2CCSC. The third-order valence-corrected chi connectivity index (χ3v) is 5.08. The average Bonchev–Trinajstić information content (AvgIpc) is 3.15. The predicted octanol–water partition coefficient (Wildman–Crippen LogP) is 3.11. The van der Waals surface area contributed by atoms with Crippen LogP contribution in [0.5, 0.6) is 5.75 Å². The third kappa shape index (κ3) is 3.39. The normalized spacial score (nSPS) is 12.0. The van der Waals surface area contributed by atoms with E-state index in [2.05, 4.69) is 21.0 Å². The summed E-state index contributed by atoms with van der Waals surface area (Å²) in [7, 11) is 1.64. The second kappa shape index (κ2) is 7.23. The first-order valence-corrected chi connectivity index (χ1v) is 9.52. The summed E-state index contributed by atoms with van der Waals surface area (Å²) in [6.07, 6.45) is 2.05. The molecule has 0 aliphatic heterocycles. The van der Waals surface area contributed by atoms with Crippen molar-refractivity contribution in [1.82, 2.24) is 9.72 Å². The fraction of sp³-hybridized carbons (Fsp3) is 0.312. The number of hydrogen-bond acceptors (Lipinski definition) is 6. The van der Waals surface area contributed by atoms with Crippen LogP contribution in [0.25, 0.3) is 10.2 Å². The van der Waals surface area contributed by atoms with Crippen LogP contribution in [0.15, 0.2) is 33.8 Å². The number of aryl methyl sites for hydroxylation is 2. The first kappa shape index (κ1) is 16.8. The molecule has 0 N–H and O–H groups in total. The van der Waals surface area contributed by atoms with Crippen LogP contribution < -0.4 is 9.54 Å². The van der Waals surface area contributed by atoms with E-state index in [4.69, 9.17) is 9.26 Å². The van der Waals surface area contributed by atoms with Gasteiger partial charge in [-0.25, -0.2) is 0 Å². The molecule has 1 amide bonds. The fourth-order valence-electron chi connectivity index (χ4n) is 2.27. The molecule has 0 aliphatic carbocycles. The Morgan fingerprint density at radius 1 is 1.46 bits per heavy atom. The van der Waals surface area contributed by atoms with Gasteiger partial charge in [-0.05, 0) is 31.4 Å². The molecule has 8 heteroatoms. The molecule has 0 unspecified atom stereocenters. The summed E-state index contributed by atoms with van der Waals surface area (Å²) in [5.41, 5.74) is 1.69. The van der Waals surface area contributed by atoms with E-state index in [1.807, 2.05) is 18.2 Å². The van der Waals surface area contributed by atoms with Crippen LogP contribution in [0, 0.1) is 6.92 Å². The number of methoxy groups -OCH3 is 1. The lowest BCUT2D eigenvalue weighted by Gasteiger charge is -2.04. The smallest absolute Gasteiger partial charge is 0.318 e. The van der Waals surface area contributed by atoms with Gasteiger partial charge in [0, 0.05) is 18.4 Å².